The molecule has 2 amide bonds. The van der Waals surface area contributed by atoms with Crippen molar-refractivity contribution >= 4 is 33.6 Å². The lowest BCUT2D eigenvalue weighted by atomic mass is 10.1. The predicted molar refractivity (Wildman–Crippen MR) is 106 cm³/mol. The van der Waals surface area contributed by atoms with Gasteiger partial charge in [-0.05, 0) is 25.2 Å². The van der Waals surface area contributed by atoms with Crippen LogP contribution in [0.25, 0.3) is 21.7 Å². The van der Waals surface area contributed by atoms with Crippen LogP contribution in [0.4, 0.5) is 0 Å². The van der Waals surface area contributed by atoms with Crippen molar-refractivity contribution in [1.29, 1.82) is 0 Å². The average Bonchev–Trinajstić information content (AvgIpc) is 3.29. The Morgan fingerprint density at radius 2 is 1.85 bits per heavy atom. The zero-order chi connectivity index (χ0) is 18.8. The Morgan fingerprint density at radius 3 is 2.67 bits per heavy atom. The molecule has 0 radical (unpaired) electrons. The Morgan fingerprint density at radius 1 is 1.07 bits per heavy atom. The van der Waals surface area contributed by atoms with Gasteiger partial charge in [-0.15, -0.1) is 0 Å². The largest absolute Gasteiger partial charge is 0.450 e. The summed E-state index contributed by atoms with van der Waals surface area (Å²) in [5.41, 5.74) is 1.55. The van der Waals surface area contributed by atoms with Crippen molar-refractivity contribution in [2.45, 2.75) is 45.1 Å². The fraction of sp³-hybridized carbons (Fsp3) is 0.364. The van der Waals surface area contributed by atoms with Crippen LogP contribution < -0.4 is 10.6 Å². The van der Waals surface area contributed by atoms with Gasteiger partial charge in [-0.2, -0.15) is 0 Å². The molecule has 0 atom stereocenters. The molecule has 0 aliphatic heterocycles. The summed E-state index contributed by atoms with van der Waals surface area (Å²) in [7, 11) is 0. The van der Waals surface area contributed by atoms with Gasteiger partial charge in [0, 0.05) is 35.3 Å². The Kier molecular flexibility index (Phi) is 4.84. The van der Waals surface area contributed by atoms with Crippen LogP contribution in [0.5, 0.6) is 0 Å². The van der Waals surface area contributed by atoms with Gasteiger partial charge in [-0.25, -0.2) is 0 Å². The summed E-state index contributed by atoms with van der Waals surface area (Å²) in [4.78, 5) is 24.5. The van der Waals surface area contributed by atoms with E-state index in [2.05, 4.69) is 10.6 Å². The topological polar surface area (TPSA) is 71.3 Å². The number of hydrogen-bond donors (Lipinski definition) is 2. The van der Waals surface area contributed by atoms with Crippen LogP contribution in [0.15, 0.2) is 40.8 Å². The fourth-order valence-corrected chi connectivity index (χ4v) is 3.91. The molecule has 2 N–H and O–H groups in total. The lowest BCUT2D eigenvalue weighted by Gasteiger charge is -2.11. The minimum Gasteiger partial charge on any atom is -0.450 e. The van der Waals surface area contributed by atoms with Gasteiger partial charge in [0.25, 0.3) is 5.91 Å². The van der Waals surface area contributed by atoms with Crippen LogP contribution in [0.2, 0.25) is 0 Å². The van der Waals surface area contributed by atoms with E-state index in [1.54, 1.807) is 0 Å². The third kappa shape index (κ3) is 3.54. The predicted octanol–water partition coefficient (Wildman–Crippen LogP) is 4.07. The smallest absolute Gasteiger partial charge is 0.287 e. The Balaban J connectivity index is 1.44. The first-order valence-corrected chi connectivity index (χ1v) is 9.62. The molecule has 140 valence electrons. The van der Waals surface area contributed by atoms with Crippen LogP contribution in [-0.4, -0.2) is 24.4 Å². The number of carbonyl (C=O) groups is 2. The molecule has 4 rings (SSSR count). The molecule has 1 fully saturated rings. The Bertz CT molecular complexity index is 999. The van der Waals surface area contributed by atoms with Gasteiger partial charge in [-0.3, -0.25) is 9.59 Å². The van der Waals surface area contributed by atoms with Crippen LogP contribution >= 0.6 is 0 Å². The fourth-order valence-electron chi connectivity index (χ4n) is 3.91. The summed E-state index contributed by atoms with van der Waals surface area (Å²) in [5, 5.41) is 8.86. The molecule has 1 aliphatic rings. The molecule has 1 heterocycles. The molecule has 0 spiro atoms. The molecule has 3 aromatic rings. The Labute approximate surface area is 158 Å². The average molecular weight is 364 g/mol. The second-order valence-electron chi connectivity index (χ2n) is 7.27. The van der Waals surface area contributed by atoms with Gasteiger partial charge >= 0.3 is 0 Å². The summed E-state index contributed by atoms with van der Waals surface area (Å²) in [6.45, 7) is 2.19. The highest BCUT2D eigenvalue weighted by Crippen LogP contribution is 2.31. The third-order valence-corrected chi connectivity index (χ3v) is 5.39. The van der Waals surface area contributed by atoms with Crippen molar-refractivity contribution in [2.24, 2.45) is 0 Å². The maximum atomic E-state index is 12.6. The highest BCUT2D eigenvalue weighted by molar-refractivity contribution is 6.08. The lowest BCUT2D eigenvalue weighted by Crippen LogP contribution is -2.35. The zero-order valence-corrected chi connectivity index (χ0v) is 15.5. The summed E-state index contributed by atoms with van der Waals surface area (Å²) in [6, 6.07) is 12.3. The molecule has 0 unspecified atom stereocenters. The lowest BCUT2D eigenvalue weighted by molar-refractivity contribution is -0.121. The third-order valence-electron chi connectivity index (χ3n) is 5.39. The molecular weight excluding hydrogens is 340 g/mol. The SMILES string of the molecule is Cc1c(C(=O)NCCC(=O)NC2CCCC2)oc2c1ccc1ccccc12. The van der Waals surface area contributed by atoms with E-state index in [1.165, 1.54) is 12.8 Å². The van der Waals surface area contributed by atoms with E-state index in [1.807, 2.05) is 43.3 Å². The molecule has 1 aromatic heterocycles. The second-order valence-corrected chi connectivity index (χ2v) is 7.27. The van der Waals surface area contributed by atoms with Gasteiger partial charge in [0.2, 0.25) is 5.91 Å². The van der Waals surface area contributed by atoms with E-state index < -0.39 is 0 Å². The number of rotatable bonds is 5. The summed E-state index contributed by atoms with van der Waals surface area (Å²) < 4.78 is 5.93. The first-order chi connectivity index (χ1) is 13.1. The van der Waals surface area contributed by atoms with Gasteiger partial charge in [0.1, 0.15) is 5.58 Å². The highest BCUT2D eigenvalue weighted by atomic mass is 16.3. The maximum absolute atomic E-state index is 12.6. The molecule has 2 aromatic carbocycles. The number of fused-ring (bicyclic) bond motifs is 3. The van der Waals surface area contributed by atoms with Crippen molar-refractivity contribution in [3.05, 3.63) is 47.7 Å². The van der Waals surface area contributed by atoms with E-state index >= 15 is 0 Å². The van der Waals surface area contributed by atoms with Gasteiger partial charge < -0.3 is 15.1 Å². The zero-order valence-electron chi connectivity index (χ0n) is 15.5. The number of benzene rings is 2. The normalized spacial score (nSPS) is 14.7. The minimum atomic E-state index is -0.276. The summed E-state index contributed by atoms with van der Waals surface area (Å²) in [5.74, 6) is 0.0357. The molecule has 1 saturated carbocycles. The van der Waals surface area contributed by atoms with Gasteiger partial charge in [0.05, 0.1) is 0 Å². The molecule has 5 nitrogen and oxygen atoms in total. The number of furan rings is 1. The number of hydrogen-bond acceptors (Lipinski definition) is 3. The van der Waals surface area contributed by atoms with Crippen molar-refractivity contribution in [3.63, 3.8) is 0 Å². The molecule has 0 saturated heterocycles. The molecule has 27 heavy (non-hydrogen) atoms. The van der Waals surface area contributed by atoms with Gasteiger partial charge in [-0.1, -0.05) is 49.2 Å². The first-order valence-electron chi connectivity index (χ1n) is 9.62. The van der Waals surface area contributed by atoms with E-state index in [-0.39, 0.29) is 18.2 Å². The number of aryl methyl sites for hydroxylation is 1. The van der Waals surface area contributed by atoms with Crippen LogP contribution in [0.1, 0.15) is 48.2 Å². The number of carbonyl (C=O) groups excluding carboxylic acids is 2. The van der Waals surface area contributed by atoms with Crippen molar-refractivity contribution in [3.8, 4) is 0 Å². The molecule has 0 bridgehead atoms. The van der Waals surface area contributed by atoms with E-state index in [0.717, 1.165) is 40.1 Å². The molecule has 1 aliphatic carbocycles. The summed E-state index contributed by atoms with van der Waals surface area (Å²) in [6.07, 6.45) is 4.77. The number of nitrogens with one attached hydrogen (secondary N) is 2. The van der Waals surface area contributed by atoms with Gasteiger partial charge in [0.15, 0.2) is 5.76 Å². The van der Waals surface area contributed by atoms with E-state index in [9.17, 15) is 9.59 Å². The quantitative estimate of drug-likeness (QED) is 0.717. The standard InChI is InChI=1S/C22H24N2O3/c1-14-17-11-10-15-6-2-5-9-18(15)21(17)27-20(14)22(26)23-13-12-19(25)24-16-7-3-4-8-16/h2,5-6,9-11,16H,3-4,7-8,12-13H2,1H3,(H,23,26)(H,24,25). The van der Waals surface area contributed by atoms with Crippen molar-refractivity contribution in [1.82, 2.24) is 10.6 Å². The first kappa shape index (κ1) is 17.6. The summed E-state index contributed by atoms with van der Waals surface area (Å²) >= 11 is 0. The second kappa shape index (κ2) is 7.43. The Hall–Kier alpha value is -2.82. The number of amides is 2. The van der Waals surface area contributed by atoms with E-state index in [4.69, 9.17) is 4.42 Å². The monoisotopic (exact) mass is 364 g/mol. The molecular formula is C22H24N2O3. The minimum absolute atomic E-state index is 0.00507. The van der Waals surface area contributed by atoms with Crippen LogP contribution in [-0.2, 0) is 4.79 Å². The maximum Gasteiger partial charge on any atom is 0.287 e. The van der Waals surface area contributed by atoms with Crippen molar-refractivity contribution < 1.29 is 14.0 Å². The van der Waals surface area contributed by atoms with E-state index in [0.29, 0.717) is 18.3 Å². The van der Waals surface area contributed by atoms with Crippen molar-refractivity contribution in [2.75, 3.05) is 6.54 Å². The molecule has 5 heteroatoms. The van der Waals surface area contributed by atoms with Crippen LogP contribution in [0.3, 0.4) is 0 Å². The highest BCUT2D eigenvalue weighted by Gasteiger charge is 2.20. The van der Waals surface area contributed by atoms with Crippen LogP contribution in [0, 0.1) is 6.92 Å².